The van der Waals surface area contributed by atoms with E-state index in [0.717, 1.165) is 12.5 Å². The Balaban J connectivity index is 1.70. The molecule has 0 saturated heterocycles. The molecule has 0 aliphatic heterocycles. The first-order chi connectivity index (χ1) is 7.34. The molecule has 2 aliphatic carbocycles. The lowest BCUT2D eigenvalue weighted by atomic mass is 10.1. The molecule has 2 fully saturated rings. The molecule has 86 valence electrons. The highest BCUT2D eigenvalue weighted by Gasteiger charge is 2.20. The third kappa shape index (κ3) is 4.10. The van der Waals surface area contributed by atoms with Crippen LogP contribution in [0.2, 0.25) is 0 Å². The van der Waals surface area contributed by atoms with Gasteiger partial charge in [0.25, 0.3) is 0 Å². The van der Waals surface area contributed by atoms with E-state index in [4.69, 9.17) is 5.73 Å². The van der Waals surface area contributed by atoms with Crippen LogP contribution >= 0.6 is 0 Å². The highest BCUT2D eigenvalue weighted by atomic mass is 15.1. The Labute approximate surface area is 92.5 Å². The van der Waals surface area contributed by atoms with Crippen LogP contribution in [0.25, 0.3) is 0 Å². The fourth-order valence-electron chi connectivity index (χ4n) is 2.21. The monoisotopic (exact) mass is 209 g/mol. The normalized spacial score (nSPS) is 24.9. The van der Waals surface area contributed by atoms with E-state index in [0.29, 0.717) is 12.0 Å². The van der Waals surface area contributed by atoms with E-state index in [1.165, 1.54) is 51.4 Å². The number of hydrogen-bond donors (Lipinski definition) is 2. The molecule has 0 radical (unpaired) electrons. The second-order valence-electron chi connectivity index (χ2n) is 5.00. The van der Waals surface area contributed by atoms with Crippen LogP contribution in [0.3, 0.4) is 0 Å². The van der Waals surface area contributed by atoms with Crippen molar-refractivity contribution in [3.05, 3.63) is 0 Å². The van der Waals surface area contributed by atoms with Crippen molar-refractivity contribution in [3.63, 3.8) is 0 Å². The van der Waals surface area contributed by atoms with Crippen LogP contribution < -0.4 is 11.1 Å². The molecule has 2 aliphatic rings. The highest BCUT2D eigenvalue weighted by molar-refractivity contribution is 5.78. The molecule has 3 N–H and O–H groups in total. The molecule has 3 nitrogen and oxygen atoms in total. The number of hydrogen-bond acceptors (Lipinski definition) is 1. The van der Waals surface area contributed by atoms with Crippen molar-refractivity contribution < 1.29 is 0 Å². The molecule has 0 heterocycles. The summed E-state index contributed by atoms with van der Waals surface area (Å²) in [6, 6.07) is 0.579. The van der Waals surface area contributed by atoms with Gasteiger partial charge in [-0.1, -0.05) is 25.7 Å². The van der Waals surface area contributed by atoms with Gasteiger partial charge in [-0.3, -0.25) is 4.99 Å². The maximum atomic E-state index is 5.87. The molecule has 3 heteroatoms. The topological polar surface area (TPSA) is 50.4 Å². The standard InChI is InChI=1S/C12H23N3/c13-12(14-9-10-7-8-10)15-11-5-3-1-2-4-6-11/h10-11H,1-9H2,(H3,13,14,15). The van der Waals surface area contributed by atoms with Gasteiger partial charge in [0.2, 0.25) is 0 Å². The maximum absolute atomic E-state index is 5.87. The van der Waals surface area contributed by atoms with Gasteiger partial charge >= 0.3 is 0 Å². The van der Waals surface area contributed by atoms with Crippen molar-refractivity contribution in [2.45, 2.75) is 57.4 Å². The molecule has 2 saturated carbocycles. The Kier molecular flexibility index (Phi) is 3.87. The first-order valence-electron chi connectivity index (χ1n) is 6.41. The zero-order valence-corrected chi connectivity index (χ0v) is 9.54. The van der Waals surface area contributed by atoms with Crippen LogP contribution in [-0.2, 0) is 0 Å². The third-order valence-electron chi connectivity index (χ3n) is 3.42. The smallest absolute Gasteiger partial charge is 0.188 e. The molecule has 0 bridgehead atoms. The van der Waals surface area contributed by atoms with Gasteiger partial charge in [-0.2, -0.15) is 0 Å². The van der Waals surface area contributed by atoms with Gasteiger partial charge in [0.1, 0.15) is 0 Å². The van der Waals surface area contributed by atoms with Crippen LogP contribution in [0.5, 0.6) is 0 Å². The van der Waals surface area contributed by atoms with Crippen molar-refractivity contribution in [2.24, 2.45) is 16.6 Å². The summed E-state index contributed by atoms with van der Waals surface area (Å²) >= 11 is 0. The largest absolute Gasteiger partial charge is 0.370 e. The van der Waals surface area contributed by atoms with Gasteiger partial charge in [-0.25, -0.2) is 0 Å². The van der Waals surface area contributed by atoms with Crippen LogP contribution in [0.1, 0.15) is 51.4 Å². The van der Waals surface area contributed by atoms with Crippen molar-refractivity contribution in [1.29, 1.82) is 0 Å². The summed E-state index contributed by atoms with van der Waals surface area (Å²) in [7, 11) is 0. The van der Waals surface area contributed by atoms with E-state index in [1.807, 2.05) is 0 Å². The third-order valence-corrected chi connectivity index (χ3v) is 3.42. The number of nitrogens with zero attached hydrogens (tertiary/aromatic N) is 1. The molecule has 0 amide bonds. The minimum Gasteiger partial charge on any atom is -0.370 e. The Morgan fingerprint density at radius 1 is 1.07 bits per heavy atom. The lowest BCUT2D eigenvalue weighted by molar-refractivity contribution is 0.530. The number of nitrogens with one attached hydrogen (secondary N) is 1. The summed E-state index contributed by atoms with van der Waals surface area (Å²) in [4.78, 5) is 4.39. The zero-order valence-electron chi connectivity index (χ0n) is 9.54. The van der Waals surface area contributed by atoms with Crippen molar-refractivity contribution in [2.75, 3.05) is 6.54 Å². The molecule has 0 aromatic heterocycles. The summed E-state index contributed by atoms with van der Waals surface area (Å²) in [6.45, 7) is 0.936. The molecular weight excluding hydrogens is 186 g/mol. The lowest BCUT2D eigenvalue weighted by Crippen LogP contribution is -2.40. The van der Waals surface area contributed by atoms with Gasteiger partial charge < -0.3 is 11.1 Å². The average Bonchev–Trinajstić information content (AvgIpc) is 3.03. The molecule has 0 aromatic carbocycles. The van der Waals surface area contributed by atoms with Crippen LogP contribution in [0.4, 0.5) is 0 Å². The fourth-order valence-corrected chi connectivity index (χ4v) is 2.21. The number of rotatable bonds is 3. The summed E-state index contributed by atoms with van der Waals surface area (Å²) in [6.07, 6.45) is 10.7. The lowest BCUT2D eigenvalue weighted by Gasteiger charge is -2.16. The first kappa shape index (κ1) is 10.8. The van der Waals surface area contributed by atoms with E-state index < -0.39 is 0 Å². The molecular formula is C12H23N3. The molecule has 0 aromatic rings. The van der Waals surface area contributed by atoms with Gasteiger partial charge in [0.15, 0.2) is 5.96 Å². The molecule has 0 spiro atoms. The highest BCUT2D eigenvalue weighted by Crippen LogP contribution is 2.28. The Morgan fingerprint density at radius 2 is 1.73 bits per heavy atom. The number of aliphatic imine (C=N–C) groups is 1. The minimum atomic E-state index is 0.579. The van der Waals surface area contributed by atoms with E-state index >= 15 is 0 Å². The average molecular weight is 209 g/mol. The van der Waals surface area contributed by atoms with Gasteiger partial charge in [-0.15, -0.1) is 0 Å². The van der Waals surface area contributed by atoms with Crippen LogP contribution in [0.15, 0.2) is 4.99 Å². The number of guanidine groups is 1. The summed E-state index contributed by atoms with van der Waals surface area (Å²) < 4.78 is 0. The summed E-state index contributed by atoms with van der Waals surface area (Å²) in [5.74, 6) is 1.51. The van der Waals surface area contributed by atoms with Gasteiger partial charge in [-0.05, 0) is 31.6 Å². The van der Waals surface area contributed by atoms with Gasteiger partial charge in [0, 0.05) is 12.6 Å². The molecule has 0 atom stereocenters. The zero-order chi connectivity index (χ0) is 10.5. The first-order valence-corrected chi connectivity index (χ1v) is 6.41. The van der Waals surface area contributed by atoms with Crippen LogP contribution in [0, 0.1) is 5.92 Å². The fraction of sp³-hybridized carbons (Fsp3) is 0.917. The predicted octanol–water partition coefficient (Wildman–Crippen LogP) is 2.02. The summed E-state index contributed by atoms with van der Waals surface area (Å²) in [5, 5.41) is 3.37. The van der Waals surface area contributed by atoms with Crippen molar-refractivity contribution >= 4 is 5.96 Å². The van der Waals surface area contributed by atoms with E-state index in [-0.39, 0.29) is 0 Å². The Hall–Kier alpha value is -0.730. The molecule has 15 heavy (non-hydrogen) atoms. The van der Waals surface area contributed by atoms with Crippen molar-refractivity contribution in [3.8, 4) is 0 Å². The quantitative estimate of drug-likeness (QED) is 0.424. The maximum Gasteiger partial charge on any atom is 0.188 e. The van der Waals surface area contributed by atoms with Crippen LogP contribution in [-0.4, -0.2) is 18.5 Å². The predicted molar refractivity (Wildman–Crippen MR) is 63.8 cm³/mol. The summed E-state index contributed by atoms with van der Waals surface area (Å²) in [5.41, 5.74) is 5.87. The van der Waals surface area contributed by atoms with E-state index in [9.17, 15) is 0 Å². The SMILES string of the molecule is NC(=NCC1CC1)NC1CCCCCC1. The molecule has 0 unspecified atom stereocenters. The van der Waals surface area contributed by atoms with Gasteiger partial charge in [0.05, 0.1) is 0 Å². The second-order valence-corrected chi connectivity index (χ2v) is 5.00. The van der Waals surface area contributed by atoms with E-state index in [1.54, 1.807) is 0 Å². The van der Waals surface area contributed by atoms with Crippen molar-refractivity contribution in [1.82, 2.24) is 5.32 Å². The second kappa shape index (κ2) is 5.38. The Bertz CT molecular complexity index is 213. The minimum absolute atomic E-state index is 0.579. The number of nitrogens with two attached hydrogens (primary N) is 1. The Morgan fingerprint density at radius 3 is 2.33 bits per heavy atom. The van der Waals surface area contributed by atoms with E-state index in [2.05, 4.69) is 10.3 Å². The molecule has 2 rings (SSSR count).